The number of aromatic nitrogens is 3. The minimum atomic E-state index is -0.911. The van der Waals surface area contributed by atoms with Gasteiger partial charge in [0, 0.05) is 24.9 Å². The average molecular weight is 434 g/mol. The normalized spacial score (nSPS) is 19.5. The van der Waals surface area contributed by atoms with Gasteiger partial charge in [0.2, 0.25) is 5.95 Å². The lowest BCUT2D eigenvalue weighted by Crippen LogP contribution is -2.37. The van der Waals surface area contributed by atoms with Gasteiger partial charge in [0.05, 0.1) is 29.7 Å². The molecule has 150 valence electrons. The molecule has 1 amide bonds. The fraction of sp³-hybridized carbons (Fsp3) is 0.368. The van der Waals surface area contributed by atoms with E-state index in [2.05, 4.69) is 14.3 Å². The number of fused-ring (bicyclic) bond motifs is 1. The summed E-state index contributed by atoms with van der Waals surface area (Å²) in [5.41, 5.74) is 1.72. The summed E-state index contributed by atoms with van der Waals surface area (Å²) in [7, 11) is 0. The molecule has 0 saturated carbocycles. The number of nitrogens with zero attached hydrogens (tertiary/aromatic N) is 5. The van der Waals surface area contributed by atoms with Crippen LogP contribution in [0.25, 0.3) is 10.6 Å². The predicted octanol–water partition coefficient (Wildman–Crippen LogP) is 3.94. The highest BCUT2D eigenvalue weighted by Crippen LogP contribution is 2.35. The molecule has 2 aliphatic rings. The van der Waals surface area contributed by atoms with E-state index in [9.17, 15) is 13.6 Å². The van der Waals surface area contributed by atoms with Crippen molar-refractivity contribution in [3.05, 3.63) is 40.2 Å². The molecule has 5 rings (SSSR count). The fourth-order valence-electron chi connectivity index (χ4n) is 3.72. The van der Waals surface area contributed by atoms with E-state index in [4.69, 9.17) is 0 Å². The Balaban J connectivity index is 1.43. The highest BCUT2D eigenvalue weighted by Gasteiger charge is 2.31. The number of alkyl halides is 1. The molecule has 6 nitrogen and oxygen atoms in total. The van der Waals surface area contributed by atoms with E-state index < -0.39 is 12.1 Å². The molecule has 0 aromatic carbocycles. The quantitative estimate of drug-likeness (QED) is 0.586. The van der Waals surface area contributed by atoms with Gasteiger partial charge in [-0.25, -0.2) is 14.4 Å². The van der Waals surface area contributed by atoms with Gasteiger partial charge in [-0.15, -0.1) is 11.3 Å². The maximum absolute atomic E-state index is 14.8. The number of amides is 1. The minimum Gasteiger partial charge on any atom is -0.354 e. The number of carbonyl (C=O) groups excluding carboxylic acids is 1. The van der Waals surface area contributed by atoms with E-state index in [1.54, 1.807) is 28.1 Å². The van der Waals surface area contributed by atoms with E-state index in [0.717, 1.165) is 12.1 Å². The Bertz CT molecular complexity index is 1060. The summed E-state index contributed by atoms with van der Waals surface area (Å²) in [4.78, 5) is 25.4. The molecule has 1 fully saturated rings. The first-order chi connectivity index (χ1) is 14.1. The molecule has 0 N–H and O–H groups in total. The molecule has 0 unspecified atom stereocenters. The number of piperidine rings is 1. The first kappa shape index (κ1) is 18.6. The zero-order valence-corrected chi connectivity index (χ0v) is 17.0. The van der Waals surface area contributed by atoms with Crippen LogP contribution in [0.2, 0.25) is 0 Å². The van der Waals surface area contributed by atoms with Crippen LogP contribution in [0.4, 0.5) is 20.3 Å². The van der Waals surface area contributed by atoms with Gasteiger partial charge < -0.3 is 9.80 Å². The molecule has 1 atom stereocenters. The first-order valence-corrected chi connectivity index (χ1v) is 11.0. The van der Waals surface area contributed by atoms with E-state index in [1.807, 2.05) is 5.38 Å². The summed E-state index contributed by atoms with van der Waals surface area (Å²) >= 11 is 2.47. The topological polar surface area (TPSA) is 62.2 Å². The standard InChI is InChI=1S/C19H17F2N5OS2/c20-11-2-1-6-25(9-11)15-4-3-13(17(21)24-15)18-23-14-5-7-26(12-8-22-28-10-12)19(27)16(14)29-18/h3-4,8,10-11H,1-2,5-7,9H2/t11-/m1/s1. The number of carbonyl (C=O) groups is 1. The van der Waals surface area contributed by atoms with Crippen LogP contribution in [0, 0.1) is 5.95 Å². The minimum absolute atomic E-state index is 0.137. The van der Waals surface area contributed by atoms with Crippen LogP contribution >= 0.6 is 22.9 Å². The zero-order chi connectivity index (χ0) is 20.0. The van der Waals surface area contributed by atoms with Crippen molar-refractivity contribution in [3.63, 3.8) is 0 Å². The summed E-state index contributed by atoms with van der Waals surface area (Å²) < 4.78 is 32.5. The van der Waals surface area contributed by atoms with Crippen LogP contribution in [-0.4, -0.2) is 46.1 Å². The third-order valence-electron chi connectivity index (χ3n) is 5.19. The molecule has 10 heteroatoms. The van der Waals surface area contributed by atoms with E-state index in [-0.39, 0.29) is 18.0 Å². The largest absolute Gasteiger partial charge is 0.354 e. The van der Waals surface area contributed by atoms with Crippen LogP contribution in [0.5, 0.6) is 0 Å². The van der Waals surface area contributed by atoms with Crippen molar-refractivity contribution in [1.82, 2.24) is 14.3 Å². The van der Waals surface area contributed by atoms with Gasteiger partial charge >= 0.3 is 0 Å². The van der Waals surface area contributed by atoms with E-state index in [1.165, 1.54) is 22.9 Å². The summed E-state index contributed by atoms with van der Waals surface area (Å²) in [6, 6.07) is 3.32. The summed E-state index contributed by atoms with van der Waals surface area (Å²) in [6.45, 7) is 1.42. The third-order valence-corrected chi connectivity index (χ3v) is 6.89. The summed E-state index contributed by atoms with van der Waals surface area (Å²) in [5, 5.41) is 2.27. The lowest BCUT2D eigenvalue weighted by Gasteiger charge is -2.29. The average Bonchev–Trinajstić information content (AvgIpc) is 3.38. The number of hydrogen-bond acceptors (Lipinski definition) is 7. The number of anilines is 2. The number of halogens is 2. The molecule has 0 aliphatic carbocycles. The Morgan fingerprint density at radius 2 is 2.10 bits per heavy atom. The van der Waals surface area contributed by atoms with Gasteiger partial charge in [-0.3, -0.25) is 4.79 Å². The lowest BCUT2D eigenvalue weighted by atomic mass is 10.1. The van der Waals surface area contributed by atoms with Crippen molar-refractivity contribution in [1.29, 1.82) is 0 Å². The Labute approximate surface area is 174 Å². The van der Waals surface area contributed by atoms with E-state index in [0.29, 0.717) is 47.3 Å². The number of rotatable bonds is 3. The molecule has 1 saturated heterocycles. The lowest BCUT2D eigenvalue weighted by molar-refractivity contribution is 0.0984. The molecule has 0 bridgehead atoms. The monoisotopic (exact) mass is 433 g/mol. The molecule has 3 aromatic heterocycles. The Kier molecular flexibility index (Phi) is 4.75. The van der Waals surface area contributed by atoms with Crippen molar-refractivity contribution < 1.29 is 13.6 Å². The SMILES string of the molecule is O=C1c2sc(-c3ccc(N4CCC[C@@H](F)C4)nc3F)nc2CCN1c1cnsc1. The summed E-state index contributed by atoms with van der Waals surface area (Å²) in [5.74, 6) is -0.356. The third kappa shape index (κ3) is 3.40. The molecule has 29 heavy (non-hydrogen) atoms. The maximum atomic E-state index is 14.8. The zero-order valence-electron chi connectivity index (χ0n) is 15.3. The van der Waals surface area contributed by atoms with Gasteiger partial charge in [0.15, 0.2) is 0 Å². The molecule has 3 aromatic rings. The van der Waals surface area contributed by atoms with Crippen molar-refractivity contribution in [2.75, 3.05) is 29.4 Å². The number of hydrogen-bond donors (Lipinski definition) is 0. The van der Waals surface area contributed by atoms with Crippen molar-refractivity contribution in [2.24, 2.45) is 0 Å². The highest BCUT2D eigenvalue weighted by molar-refractivity contribution is 7.17. The fourth-order valence-corrected chi connectivity index (χ4v) is 5.32. The second-order valence-electron chi connectivity index (χ2n) is 7.08. The van der Waals surface area contributed by atoms with Gasteiger partial charge in [-0.2, -0.15) is 8.76 Å². The van der Waals surface area contributed by atoms with Crippen LogP contribution in [0.3, 0.4) is 0 Å². The molecule has 2 aliphatic heterocycles. The Morgan fingerprint density at radius 1 is 1.21 bits per heavy atom. The van der Waals surface area contributed by atoms with Crippen LogP contribution in [-0.2, 0) is 6.42 Å². The van der Waals surface area contributed by atoms with Gasteiger partial charge in [0.25, 0.3) is 5.91 Å². The van der Waals surface area contributed by atoms with Gasteiger partial charge in [-0.1, -0.05) is 0 Å². The molecular formula is C19H17F2N5OS2. The second kappa shape index (κ2) is 7.42. The summed E-state index contributed by atoms with van der Waals surface area (Å²) in [6.07, 6.45) is 2.62. The molecule has 0 spiro atoms. The van der Waals surface area contributed by atoms with Crippen molar-refractivity contribution in [2.45, 2.75) is 25.4 Å². The predicted molar refractivity (Wildman–Crippen MR) is 109 cm³/mol. The Hall–Kier alpha value is -2.46. The van der Waals surface area contributed by atoms with Gasteiger partial charge in [-0.05, 0) is 36.5 Å². The van der Waals surface area contributed by atoms with Crippen LogP contribution < -0.4 is 9.80 Å². The molecule has 0 radical (unpaired) electrons. The highest BCUT2D eigenvalue weighted by atomic mass is 32.1. The Morgan fingerprint density at radius 3 is 2.86 bits per heavy atom. The second-order valence-corrected chi connectivity index (χ2v) is 8.73. The number of thiazole rings is 1. The van der Waals surface area contributed by atoms with Crippen molar-refractivity contribution >= 4 is 40.3 Å². The molecule has 5 heterocycles. The van der Waals surface area contributed by atoms with Crippen LogP contribution in [0.1, 0.15) is 28.2 Å². The smallest absolute Gasteiger partial charge is 0.270 e. The van der Waals surface area contributed by atoms with Crippen LogP contribution in [0.15, 0.2) is 23.7 Å². The van der Waals surface area contributed by atoms with Gasteiger partial charge in [0.1, 0.15) is 21.9 Å². The first-order valence-electron chi connectivity index (χ1n) is 9.37. The van der Waals surface area contributed by atoms with E-state index >= 15 is 0 Å². The number of pyridine rings is 1. The van der Waals surface area contributed by atoms with Crippen molar-refractivity contribution in [3.8, 4) is 10.6 Å². The maximum Gasteiger partial charge on any atom is 0.270 e. The molecular weight excluding hydrogens is 416 g/mol.